The summed E-state index contributed by atoms with van der Waals surface area (Å²) in [7, 11) is 0. The van der Waals surface area contributed by atoms with Crippen LogP contribution >= 0.6 is 0 Å². The Morgan fingerprint density at radius 3 is 2.66 bits per heavy atom. The summed E-state index contributed by atoms with van der Waals surface area (Å²) < 4.78 is 5.38. The van der Waals surface area contributed by atoms with E-state index in [4.69, 9.17) is 4.74 Å². The maximum atomic E-state index is 12.8. The highest BCUT2D eigenvalue weighted by atomic mass is 16.5. The lowest BCUT2D eigenvalue weighted by atomic mass is 10.1. The van der Waals surface area contributed by atoms with Crippen LogP contribution in [-0.2, 0) is 4.74 Å². The molecule has 29 heavy (non-hydrogen) atoms. The fourth-order valence-electron chi connectivity index (χ4n) is 3.30. The van der Waals surface area contributed by atoms with Crippen LogP contribution in [0.25, 0.3) is 0 Å². The van der Waals surface area contributed by atoms with Crippen molar-refractivity contribution in [1.82, 2.24) is 10.3 Å². The third-order valence-electron chi connectivity index (χ3n) is 5.36. The highest BCUT2D eigenvalue weighted by molar-refractivity contribution is 6.05. The number of carbonyl (C=O) groups excluding carboxylic acids is 2. The van der Waals surface area contributed by atoms with Crippen LogP contribution in [0.5, 0.6) is 0 Å². The zero-order chi connectivity index (χ0) is 20.2. The average molecular weight is 394 g/mol. The summed E-state index contributed by atoms with van der Waals surface area (Å²) >= 11 is 0. The van der Waals surface area contributed by atoms with Crippen molar-refractivity contribution in [3.63, 3.8) is 0 Å². The number of hydrogen-bond acceptors (Lipinski definition) is 5. The topological polar surface area (TPSA) is 83.6 Å². The predicted molar refractivity (Wildman–Crippen MR) is 111 cm³/mol. The zero-order valence-electron chi connectivity index (χ0n) is 16.6. The minimum absolute atomic E-state index is 0.108. The lowest BCUT2D eigenvalue weighted by Crippen LogP contribution is -2.36. The monoisotopic (exact) mass is 394 g/mol. The minimum Gasteiger partial charge on any atom is -0.378 e. The molecule has 4 rings (SSSR count). The first-order valence-corrected chi connectivity index (χ1v) is 10.1. The number of aryl methyl sites for hydroxylation is 1. The van der Waals surface area contributed by atoms with E-state index in [0.29, 0.717) is 42.5 Å². The van der Waals surface area contributed by atoms with Gasteiger partial charge in [-0.2, -0.15) is 0 Å². The Morgan fingerprint density at radius 2 is 1.90 bits per heavy atom. The number of anilines is 2. The summed E-state index contributed by atoms with van der Waals surface area (Å²) in [6.45, 7) is 5.53. The number of benzene rings is 1. The normalized spacial score (nSPS) is 16.4. The van der Waals surface area contributed by atoms with Gasteiger partial charge < -0.3 is 20.3 Å². The Hall–Kier alpha value is -2.93. The molecular weight excluding hydrogens is 368 g/mol. The van der Waals surface area contributed by atoms with Crippen LogP contribution in [-0.4, -0.2) is 49.6 Å². The standard InChI is InChI=1S/C22H26N4O3/c1-15-2-5-17(21(27)24-12-16-3-4-16)11-20(15)25-22(28)18-10-19(14-23-13-18)26-6-8-29-9-7-26/h2,5,10-11,13-14,16H,3-4,6-9,12H2,1H3,(H,24,27)(H,25,28). The van der Waals surface area contributed by atoms with Gasteiger partial charge in [-0.3, -0.25) is 14.6 Å². The van der Waals surface area contributed by atoms with E-state index in [-0.39, 0.29) is 11.8 Å². The number of pyridine rings is 1. The van der Waals surface area contributed by atoms with Gasteiger partial charge in [0.2, 0.25) is 0 Å². The quantitative estimate of drug-likeness (QED) is 0.787. The second-order valence-electron chi connectivity index (χ2n) is 7.67. The van der Waals surface area contributed by atoms with Gasteiger partial charge in [0, 0.05) is 37.1 Å². The highest BCUT2D eigenvalue weighted by Crippen LogP contribution is 2.27. The van der Waals surface area contributed by atoms with E-state index in [1.807, 2.05) is 19.1 Å². The van der Waals surface area contributed by atoms with Gasteiger partial charge in [0.1, 0.15) is 0 Å². The Morgan fingerprint density at radius 1 is 1.10 bits per heavy atom. The number of nitrogens with one attached hydrogen (secondary N) is 2. The molecule has 1 aromatic carbocycles. The molecule has 7 heteroatoms. The Bertz CT molecular complexity index is 905. The largest absolute Gasteiger partial charge is 0.378 e. The average Bonchev–Trinajstić information content (AvgIpc) is 3.59. The Labute approximate surface area is 170 Å². The van der Waals surface area contributed by atoms with Gasteiger partial charge in [0.05, 0.1) is 30.7 Å². The number of aromatic nitrogens is 1. The van der Waals surface area contributed by atoms with Gasteiger partial charge in [0.15, 0.2) is 0 Å². The SMILES string of the molecule is Cc1ccc(C(=O)NCC2CC2)cc1NC(=O)c1cncc(N2CCOCC2)c1. The fourth-order valence-corrected chi connectivity index (χ4v) is 3.30. The number of hydrogen-bond donors (Lipinski definition) is 2. The van der Waals surface area contributed by atoms with Gasteiger partial charge in [-0.05, 0) is 49.4 Å². The third kappa shape index (κ3) is 4.92. The van der Waals surface area contributed by atoms with Crippen LogP contribution in [0.3, 0.4) is 0 Å². The van der Waals surface area contributed by atoms with Crippen LogP contribution in [0.2, 0.25) is 0 Å². The second-order valence-corrected chi connectivity index (χ2v) is 7.67. The molecule has 2 fully saturated rings. The first-order valence-electron chi connectivity index (χ1n) is 10.1. The number of ether oxygens (including phenoxy) is 1. The van der Waals surface area contributed by atoms with Crippen molar-refractivity contribution in [2.24, 2.45) is 5.92 Å². The number of rotatable bonds is 6. The fraction of sp³-hybridized carbons (Fsp3) is 0.409. The van der Waals surface area contributed by atoms with Crippen molar-refractivity contribution in [2.45, 2.75) is 19.8 Å². The summed E-state index contributed by atoms with van der Waals surface area (Å²) in [6, 6.07) is 7.21. The maximum Gasteiger partial charge on any atom is 0.257 e. The molecule has 2 N–H and O–H groups in total. The lowest BCUT2D eigenvalue weighted by Gasteiger charge is -2.28. The Kier molecular flexibility index (Phi) is 5.76. The molecule has 7 nitrogen and oxygen atoms in total. The summed E-state index contributed by atoms with van der Waals surface area (Å²) in [6.07, 6.45) is 5.69. The number of carbonyl (C=O) groups is 2. The molecule has 0 atom stereocenters. The van der Waals surface area contributed by atoms with Crippen molar-refractivity contribution >= 4 is 23.2 Å². The van der Waals surface area contributed by atoms with Crippen molar-refractivity contribution in [3.8, 4) is 0 Å². The molecule has 2 aliphatic rings. The van der Waals surface area contributed by atoms with E-state index in [1.165, 1.54) is 12.8 Å². The molecule has 1 saturated heterocycles. The Balaban J connectivity index is 1.46. The van der Waals surface area contributed by atoms with E-state index in [9.17, 15) is 9.59 Å². The van der Waals surface area contributed by atoms with Crippen molar-refractivity contribution < 1.29 is 14.3 Å². The van der Waals surface area contributed by atoms with Crippen molar-refractivity contribution in [3.05, 3.63) is 53.3 Å². The second kappa shape index (κ2) is 8.61. The van der Waals surface area contributed by atoms with Gasteiger partial charge in [-0.25, -0.2) is 0 Å². The van der Waals surface area contributed by atoms with Crippen LogP contribution in [0, 0.1) is 12.8 Å². The van der Waals surface area contributed by atoms with E-state index < -0.39 is 0 Å². The molecule has 0 unspecified atom stereocenters. The van der Waals surface area contributed by atoms with Gasteiger partial charge in [-0.1, -0.05) is 6.07 Å². The first kappa shape index (κ1) is 19.4. The molecular formula is C22H26N4O3. The number of amides is 2. The lowest BCUT2D eigenvalue weighted by molar-refractivity contribution is 0.0950. The molecule has 2 amide bonds. The molecule has 0 radical (unpaired) electrons. The number of nitrogens with zero attached hydrogens (tertiary/aromatic N) is 2. The molecule has 0 spiro atoms. The molecule has 152 valence electrons. The summed E-state index contributed by atoms with van der Waals surface area (Å²) in [5, 5.41) is 5.89. The molecule has 1 aliphatic heterocycles. The molecule has 2 heterocycles. The van der Waals surface area contributed by atoms with Gasteiger partial charge >= 0.3 is 0 Å². The van der Waals surface area contributed by atoms with E-state index in [2.05, 4.69) is 20.5 Å². The van der Waals surface area contributed by atoms with Crippen LogP contribution in [0.15, 0.2) is 36.7 Å². The van der Waals surface area contributed by atoms with Crippen LogP contribution in [0.1, 0.15) is 39.1 Å². The molecule has 1 aliphatic carbocycles. The van der Waals surface area contributed by atoms with Crippen LogP contribution in [0.4, 0.5) is 11.4 Å². The number of morpholine rings is 1. The van der Waals surface area contributed by atoms with Gasteiger partial charge in [-0.15, -0.1) is 0 Å². The summed E-state index contributed by atoms with van der Waals surface area (Å²) in [4.78, 5) is 31.6. The third-order valence-corrected chi connectivity index (χ3v) is 5.36. The molecule has 1 saturated carbocycles. The maximum absolute atomic E-state index is 12.8. The summed E-state index contributed by atoms with van der Waals surface area (Å²) in [5.74, 6) is 0.268. The molecule has 0 bridgehead atoms. The minimum atomic E-state index is -0.244. The highest BCUT2D eigenvalue weighted by Gasteiger charge is 2.22. The van der Waals surface area contributed by atoms with Crippen LogP contribution < -0.4 is 15.5 Å². The smallest absolute Gasteiger partial charge is 0.257 e. The molecule has 2 aromatic rings. The molecule has 1 aromatic heterocycles. The van der Waals surface area contributed by atoms with E-state index >= 15 is 0 Å². The van der Waals surface area contributed by atoms with Crippen molar-refractivity contribution in [1.29, 1.82) is 0 Å². The van der Waals surface area contributed by atoms with Gasteiger partial charge in [0.25, 0.3) is 11.8 Å². The van der Waals surface area contributed by atoms with Crippen molar-refractivity contribution in [2.75, 3.05) is 43.1 Å². The predicted octanol–water partition coefficient (Wildman–Crippen LogP) is 2.62. The first-order chi connectivity index (χ1) is 14.1. The zero-order valence-corrected chi connectivity index (χ0v) is 16.6. The van der Waals surface area contributed by atoms with E-state index in [1.54, 1.807) is 24.5 Å². The summed E-state index contributed by atoms with van der Waals surface area (Å²) in [5.41, 5.74) is 3.47. The van der Waals surface area contributed by atoms with E-state index in [0.717, 1.165) is 24.3 Å².